The molecule has 0 unspecified atom stereocenters. The van der Waals surface area contributed by atoms with Crippen LogP contribution in [-0.4, -0.2) is 25.6 Å². The predicted molar refractivity (Wildman–Crippen MR) is 69.2 cm³/mol. The van der Waals surface area contributed by atoms with Crippen molar-refractivity contribution in [1.82, 2.24) is 4.90 Å². The van der Waals surface area contributed by atoms with E-state index in [-0.39, 0.29) is 0 Å². The van der Waals surface area contributed by atoms with Gasteiger partial charge in [0.2, 0.25) is 0 Å². The number of nitrogens with zero attached hydrogens (tertiary/aromatic N) is 2. The third-order valence-corrected chi connectivity index (χ3v) is 3.12. The maximum atomic E-state index is 8.66. The van der Waals surface area contributed by atoms with Crippen molar-refractivity contribution < 1.29 is 4.74 Å². The molecular formula is C14H20N2O. The van der Waals surface area contributed by atoms with Crippen molar-refractivity contribution in [2.45, 2.75) is 27.3 Å². The molecule has 0 saturated heterocycles. The summed E-state index contributed by atoms with van der Waals surface area (Å²) in [5.41, 5.74) is 4.85. The highest BCUT2D eigenvalue weighted by Crippen LogP contribution is 2.28. The Morgan fingerprint density at radius 1 is 1.29 bits per heavy atom. The molecule has 0 fully saturated rings. The van der Waals surface area contributed by atoms with Crippen LogP contribution in [0.1, 0.15) is 22.3 Å². The smallest absolute Gasteiger partial charge is 0.124 e. The van der Waals surface area contributed by atoms with Crippen molar-refractivity contribution in [3.8, 4) is 11.8 Å². The van der Waals surface area contributed by atoms with Crippen LogP contribution < -0.4 is 4.74 Å². The van der Waals surface area contributed by atoms with E-state index in [0.717, 1.165) is 17.9 Å². The summed E-state index contributed by atoms with van der Waals surface area (Å²) in [7, 11) is 3.66. The van der Waals surface area contributed by atoms with Crippen LogP contribution in [0.2, 0.25) is 0 Å². The fourth-order valence-corrected chi connectivity index (χ4v) is 2.09. The number of benzene rings is 1. The average Bonchev–Trinajstić information content (AvgIpc) is 2.26. The molecule has 0 heterocycles. The van der Waals surface area contributed by atoms with Gasteiger partial charge < -0.3 is 4.74 Å². The van der Waals surface area contributed by atoms with Crippen molar-refractivity contribution in [1.29, 1.82) is 5.26 Å². The number of ether oxygens (including phenoxy) is 1. The summed E-state index contributed by atoms with van der Waals surface area (Å²) in [6.07, 6.45) is 0. The second-order valence-corrected chi connectivity index (χ2v) is 4.47. The van der Waals surface area contributed by atoms with E-state index in [4.69, 9.17) is 10.00 Å². The minimum absolute atomic E-state index is 0.448. The van der Waals surface area contributed by atoms with E-state index < -0.39 is 0 Å². The normalized spacial score (nSPS) is 10.4. The van der Waals surface area contributed by atoms with Crippen molar-refractivity contribution >= 4 is 0 Å². The molecule has 92 valence electrons. The molecule has 0 atom stereocenters. The summed E-state index contributed by atoms with van der Waals surface area (Å²) in [6.45, 7) is 7.48. The Balaban J connectivity index is 3.07. The zero-order chi connectivity index (χ0) is 13.0. The van der Waals surface area contributed by atoms with E-state index >= 15 is 0 Å². The standard InChI is InChI=1S/C14H20N2O/c1-10-8-13(9-16(4)7-6-15)11(2)12(3)14(10)17-5/h8H,7,9H2,1-5H3. The van der Waals surface area contributed by atoms with Gasteiger partial charge in [0.05, 0.1) is 19.7 Å². The van der Waals surface area contributed by atoms with Crippen LogP contribution in [0.4, 0.5) is 0 Å². The van der Waals surface area contributed by atoms with Crippen molar-refractivity contribution in [2.75, 3.05) is 20.7 Å². The number of hydrogen-bond donors (Lipinski definition) is 0. The summed E-state index contributed by atoms with van der Waals surface area (Å²) in [4.78, 5) is 2.01. The molecule has 3 nitrogen and oxygen atoms in total. The maximum Gasteiger partial charge on any atom is 0.124 e. The van der Waals surface area contributed by atoms with Crippen molar-refractivity contribution in [3.05, 3.63) is 28.3 Å². The lowest BCUT2D eigenvalue weighted by Crippen LogP contribution is -2.19. The van der Waals surface area contributed by atoms with E-state index in [1.807, 2.05) is 11.9 Å². The van der Waals surface area contributed by atoms with Crippen LogP contribution in [0, 0.1) is 32.1 Å². The van der Waals surface area contributed by atoms with E-state index in [9.17, 15) is 0 Å². The minimum atomic E-state index is 0.448. The van der Waals surface area contributed by atoms with Gasteiger partial charge >= 0.3 is 0 Å². The van der Waals surface area contributed by atoms with Crippen LogP contribution in [0.15, 0.2) is 6.07 Å². The van der Waals surface area contributed by atoms with Gasteiger partial charge in [0.1, 0.15) is 5.75 Å². The highest BCUT2D eigenvalue weighted by atomic mass is 16.5. The van der Waals surface area contributed by atoms with E-state index in [0.29, 0.717) is 6.54 Å². The third kappa shape index (κ3) is 2.98. The Morgan fingerprint density at radius 3 is 2.47 bits per heavy atom. The molecule has 17 heavy (non-hydrogen) atoms. The summed E-state index contributed by atoms with van der Waals surface area (Å²) in [5, 5.41) is 8.66. The SMILES string of the molecule is COc1c(C)cc(CN(C)CC#N)c(C)c1C. The third-order valence-electron chi connectivity index (χ3n) is 3.12. The predicted octanol–water partition coefficient (Wildman–Crippen LogP) is 2.58. The number of aryl methyl sites for hydroxylation is 1. The topological polar surface area (TPSA) is 36.3 Å². The Kier molecular flexibility index (Phi) is 4.53. The first-order valence-electron chi connectivity index (χ1n) is 5.70. The molecule has 0 N–H and O–H groups in total. The summed E-state index contributed by atoms with van der Waals surface area (Å²) < 4.78 is 5.40. The molecule has 3 heteroatoms. The lowest BCUT2D eigenvalue weighted by atomic mass is 9.98. The monoisotopic (exact) mass is 232 g/mol. The fraction of sp³-hybridized carbons (Fsp3) is 0.500. The maximum absolute atomic E-state index is 8.66. The Morgan fingerprint density at radius 2 is 1.94 bits per heavy atom. The number of methoxy groups -OCH3 is 1. The second-order valence-electron chi connectivity index (χ2n) is 4.47. The van der Waals surface area contributed by atoms with Crippen LogP contribution in [0.25, 0.3) is 0 Å². The van der Waals surface area contributed by atoms with E-state index in [1.165, 1.54) is 16.7 Å². The zero-order valence-electron chi connectivity index (χ0n) is 11.3. The van der Waals surface area contributed by atoms with Crippen LogP contribution in [0.5, 0.6) is 5.75 Å². The molecule has 1 aromatic carbocycles. The minimum Gasteiger partial charge on any atom is -0.496 e. The molecule has 0 saturated carbocycles. The molecule has 0 spiro atoms. The molecular weight excluding hydrogens is 212 g/mol. The summed E-state index contributed by atoms with van der Waals surface area (Å²) in [6, 6.07) is 4.31. The number of nitriles is 1. The molecule has 0 aromatic heterocycles. The van der Waals surface area contributed by atoms with Crippen molar-refractivity contribution in [3.63, 3.8) is 0 Å². The second kappa shape index (κ2) is 5.70. The number of rotatable bonds is 4. The van der Waals surface area contributed by atoms with Gasteiger partial charge in [-0.05, 0) is 50.1 Å². The molecule has 0 aliphatic carbocycles. The van der Waals surface area contributed by atoms with Gasteiger partial charge in [0, 0.05) is 6.54 Å². The highest BCUT2D eigenvalue weighted by Gasteiger charge is 2.11. The first kappa shape index (κ1) is 13.5. The van der Waals surface area contributed by atoms with Crippen molar-refractivity contribution in [2.24, 2.45) is 0 Å². The average molecular weight is 232 g/mol. The molecule has 0 aliphatic heterocycles. The summed E-state index contributed by atoms with van der Waals surface area (Å²) >= 11 is 0. The van der Waals surface area contributed by atoms with Gasteiger partial charge in [-0.25, -0.2) is 0 Å². The van der Waals surface area contributed by atoms with Crippen LogP contribution in [-0.2, 0) is 6.54 Å². The first-order chi connectivity index (χ1) is 8.01. The first-order valence-corrected chi connectivity index (χ1v) is 5.70. The Labute approximate surface area is 104 Å². The van der Waals surface area contributed by atoms with Crippen LogP contribution in [0.3, 0.4) is 0 Å². The molecule has 0 bridgehead atoms. The van der Waals surface area contributed by atoms with Gasteiger partial charge in [-0.3, -0.25) is 4.90 Å². The Bertz CT molecular complexity index is 447. The van der Waals surface area contributed by atoms with Gasteiger partial charge in [-0.15, -0.1) is 0 Å². The molecule has 0 amide bonds. The Hall–Kier alpha value is -1.53. The molecule has 0 radical (unpaired) electrons. The van der Waals surface area contributed by atoms with E-state index in [2.05, 4.69) is 32.9 Å². The lowest BCUT2D eigenvalue weighted by Gasteiger charge is -2.19. The fourth-order valence-electron chi connectivity index (χ4n) is 2.09. The van der Waals surface area contributed by atoms with Crippen LogP contribution >= 0.6 is 0 Å². The quantitative estimate of drug-likeness (QED) is 0.749. The highest BCUT2D eigenvalue weighted by molar-refractivity contribution is 5.48. The number of hydrogen-bond acceptors (Lipinski definition) is 3. The van der Waals surface area contributed by atoms with Gasteiger partial charge in [0.25, 0.3) is 0 Å². The zero-order valence-corrected chi connectivity index (χ0v) is 11.3. The molecule has 1 rings (SSSR count). The largest absolute Gasteiger partial charge is 0.496 e. The van der Waals surface area contributed by atoms with E-state index in [1.54, 1.807) is 7.11 Å². The summed E-state index contributed by atoms with van der Waals surface area (Å²) in [5.74, 6) is 0.967. The van der Waals surface area contributed by atoms with Gasteiger partial charge in [0.15, 0.2) is 0 Å². The van der Waals surface area contributed by atoms with Gasteiger partial charge in [-0.2, -0.15) is 5.26 Å². The lowest BCUT2D eigenvalue weighted by molar-refractivity contribution is 0.365. The molecule has 1 aromatic rings. The van der Waals surface area contributed by atoms with Gasteiger partial charge in [-0.1, -0.05) is 6.07 Å². The molecule has 0 aliphatic rings.